The van der Waals surface area contributed by atoms with Crippen molar-refractivity contribution >= 4 is 11.9 Å². The van der Waals surface area contributed by atoms with E-state index in [1.54, 1.807) is 6.08 Å². The molecule has 0 aromatic rings. The third kappa shape index (κ3) is 2.03. The Balaban J connectivity index is 2.79. The number of carboxylic acid groups (broad SMARTS) is 1. The highest BCUT2D eigenvalue weighted by Gasteiger charge is 2.61. The molecule has 2 atom stereocenters. The molecule has 0 radical (unpaired) electrons. The zero-order chi connectivity index (χ0) is 11.8. The van der Waals surface area contributed by atoms with E-state index in [0.717, 1.165) is 0 Å². The van der Waals surface area contributed by atoms with E-state index < -0.39 is 5.97 Å². The molecule has 0 aliphatic heterocycles. The summed E-state index contributed by atoms with van der Waals surface area (Å²) in [5.41, 5.74) is 0.0866. The Morgan fingerprint density at radius 2 is 1.93 bits per heavy atom. The van der Waals surface area contributed by atoms with E-state index in [1.807, 2.05) is 13.8 Å². The van der Waals surface area contributed by atoms with Gasteiger partial charge in [0.15, 0.2) is 0 Å². The SMILES string of the molecule is COC(=O)[C@H]1[C@H](/C=C(\C)C(=O)O)C1(C)C. The normalized spacial score (nSPS) is 28.4. The maximum absolute atomic E-state index is 11.4. The van der Waals surface area contributed by atoms with Gasteiger partial charge in [0.05, 0.1) is 13.0 Å². The topological polar surface area (TPSA) is 63.6 Å². The van der Waals surface area contributed by atoms with Crippen LogP contribution in [0.1, 0.15) is 20.8 Å². The van der Waals surface area contributed by atoms with Crippen LogP contribution in [0.4, 0.5) is 0 Å². The molecule has 15 heavy (non-hydrogen) atoms. The first-order valence-corrected chi connectivity index (χ1v) is 4.82. The molecule has 1 aliphatic rings. The predicted molar refractivity (Wildman–Crippen MR) is 54.2 cm³/mol. The highest BCUT2D eigenvalue weighted by molar-refractivity contribution is 5.86. The summed E-state index contributed by atoms with van der Waals surface area (Å²) in [7, 11) is 1.35. The van der Waals surface area contributed by atoms with Crippen LogP contribution in [0.15, 0.2) is 11.6 Å². The van der Waals surface area contributed by atoms with Gasteiger partial charge in [0.25, 0.3) is 0 Å². The molecule has 0 aromatic heterocycles. The van der Waals surface area contributed by atoms with Crippen molar-refractivity contribution in [2.45, 2.75) is 20.8 Å². The smallest absolute Gasteiger partial charge is 0.330 e. The number of allylic oxidation sites excluding steroid dienone is 1. The average molecular weight is 212 g/mol. The summed E-state index contributed by atoms with van der Waals surface area (Å²) in [4.78, 5) is 22.0. The van der Waals surface area contributed by atoms with Crippen molar-refractivity contribution in [1.82, 2.24) is 0 Å². The summed E-state index contributed by atoms with van der Waals surface area (Å²) in [5.74, 6) is -1.45. The van der Waals surface area contributed by atoms with Crippen LogP contribution >= 0.6 is 0 Å². The standard InChI is InChI=1S/C11H16O4/c1-6(9(12)13)5-7-8(10(14)15-4)11(7,2)3/h5,7-8H,1-4H3,(H,12,13)/b6-5+/t7-,8+/m0/s1. The van der Waals surface area contributed by atoms with Gasteiger partial charge < -0.3 is 9.84 Å². The molecule has 1 rings (SSSR count). The zero-order valence-electron chi connectivity index (χ0n) is 9.40. The minimum Gasteiger partial charge on any atom is -0.478 e. The number of ether oxygens (including phenoxy) is 1. The summed E-state index contributed by atoms with van der Waals surface area (Å²) in [6.45, 7) is 5.40. The highest BCUT2D eigenvalue weighted by atomic mass is 16.5. The Bertz CT molecular complexity index is 327. The minimum atomic E-state index is -0.943. The van der Waals surface area contributed by atoms with Crippen molar-refractivity contribution in [3.05, 3.63) is 11.6 Å². The lowest BCUT2D eigenvalue weighted by atomic mass is 10.1. The van der Waals surface area contributed by atoms with Crippen LogP contribution in [-0.4, -0.2) is 24.2 Å². The molecule has 0 saturated heterocycles. The van der Waals surface area contributed by atoms with Crippen molar-refractivity contribution in [2.75, 3.05) is 7.11 Å². The van der Waals surface area contributed by atoms with Crippen LogP contribution in [0.5, 0.6) is 0 Å². The van der Waals surface area contributed by atoms with E-state index in [-0.39, 0.29) is 28.8 Å². The molecule has 4 heteroatoms. The van der Waals surface area contributed by atoms with Gasteiger partial charge >= 0.3 is 11.9 Å². The summed E-state index contributed by atoms with van der Waals surface area (Å²) in [6, 6.07) is 0. The first-order valence-electron chi connectivity index (χ1n) is 4.82. The number of methoxy groups -OCH3 is 1. The number of aliphatic carboxylic acids is 1. The summed E-state index contributed by atoms with van der Waals surface area (Å²) >= 11 is 0. The molecule has 1 fully saturated rings. The first-order chi connectivity index (χ1) is 6.82. The van der Waals surface area contributed by atoms with Crippen LogP contribution in [0.3, 0.4) is 0 Å². The van der Waals surface area contributed by atoms with Gasteiger partial charge in [0.2, 0.25) is 0 Å². The second-order valence-corrected chi connectivity index (χ2v) is 4.50. The minimum absolute atomic E-state index is 0.0268. The van der Waals surface area contributed by atoms with Crippen molar-refractivity contribution in [3.63, 3.8) is 0 Å². The number of carboxylic acids is 1. The van der Waals surface area contributed by atoms with Gasteiger partial charge in [-0.1, -0.05) is 19.9 Å². The van der Waals surface area contributed by atoms with E-state index >= 15 is 0 Å². The molecule has 0 bridgehead atoms. The largest absolute Gasteiger partial charge is 0.478 e. The highest BCUT2D eigenvalue weighted by Crippen LogP contribution is 2.59. The van der Waals surface area contributed by atoms with Gasteiger partial charge in [-0.15, -0.1) is 0 Å². The fraction of sp³-hybridized carbons (Fsp3) is 0.636. The predicted octanol–water partition coefficient (Wildman–Crippen LogP) is 1.46. The fourth-order valence-electron chi connectivity index (χ4n) is 1.91. The lowest BCUT2D eigenvalue weighted by Gasteiger charge is -1.99. The number of carbonyl (C=O) groups is 2. The third-order valence-electron chi connectivity index (χ3n) is 3.13. The molecule has 4 nitrogen and oxygen atoms in total. The van der Waals surface area contributed by atoms with Crippen molar-refractivity contribution in [1.29, 1.82) is 0 Å². The fourth-order valence-corrected chi connectivity index (χ4v) is 1.91. The van der Waals surface area contributed by atoms with E-state index in [1.165, 1.54) is 14.0 Å². The molecule has 0 aromatic carbocycles. The Morgan fingerprint density at radius 3 is 2.33 bits per heavy atom. The van der Waals surface area contributed by atoms with E-state index in [9.17, 15) is 9.59 Å². The third-order valence-corrected chi connectivity index (χ3v) is 3.13. The van der Waals surface area contributed by atoms with Gasteiger partial charge in [0.1, 0.15) is 0 Å². The molecule has 1 aliphatic carbocycles. The van der Waals surface area contributed by atoms with Crippen molar-refractivity contribution in [3.8, 4) is 0 Å². The van der Waals surface area contributed by atoms with Crippen molar-refractivity contribution in [2.24, 2.45) is 17.3 Å². The lowest BCUT2D eigenvalue weighted by Crippen LogP contribution is -2.07. The maximum Gasteiger partial charge on any atom is 0.330 e. The lowest BCUT2D eigenvalue weighted by molar-refractivity contribution is -0.143. The molecule has 0 amide bonds. The van der Waals surface area contributed by atoms with Crippen LogP contribution in [0, 0.1) is 17.3 Å². The molecule has 0 unspecified atom stereocenters. The molecule has 84 valence electrons. The van der Waals surface area contributed by atoms with Crippen LogP contribution in [-0.2, 0) is 14.3 Å². The van der Waals surface area contributed by atoms with E-state index in [2.05, 4.69) is 4.74 Å². The van der Waals surface area contributed by atoms with E-state index in [0.29, 0.717) is 0 Å². The molecule has 0 spiro atoms. The first kappa shape index (κ1) is 11.8. The summed E-state index contributed by atoms with van der Waals surface area (Å²) < 4.78 is 4.67. The summed E-state index contributed by atoms with van der Waals surface area (Å²) in [5, 5.41) is 8.73. The van der Waals surface area contributed by atoms with E-state index in [4.69, 9.17) is 5.11 Å². The Morgan fingerprint density at radius 1 is 1.40 bits per heavy atom. The molecule has 0 heterocycles. The average Bonchev–Trinajstić information content (AvgIpc) is 2.67. The molecule has 1 saturated carbocycles. The Kier molecular flexibility index (Phi) is 2.88. The van der Waals surface area contributed by atoms with Crippen LogP contribution in [0.2, 0.25) is 0 Å². The number of hydrogen-bond acceptors (Lipinski definition) is 3. The van der Waals surface area contributed by atoms with Crippen molar-refractivity contribution < 1.29 is 19.4 Å². The molecular formula is C11H16O4. The Labute approximate surface area is 88.9 Å². The molecular weight excluding hydrogens is 196 g/mol. The van der Waals surface area contributed by atoms with Gasteiger partial charge in [-0.3, -0.25) is 4.79 Å². The second-order valence-electron chi connectivity index (χ2n) is 4.50. The second kappa shape index (κ2) is 3.68. The molecule has 1 N–H and O–H groups in total. The monoisotopic (exact) mass is 212 g/mol. The quantitative estimate of drug-likeness (QED) is 0.568. The van der Waals surface area contributed by atoms with Gasteiger partial charge in [-0.05, 0) is 18.3 Å². The van der Waals surface area contributed by atoms with Crippen LogP contribution < -0.4 is 0 Å². The number of carbonyl (C=O) groups excluding carboxylic acids is 1. The van der Waals surface area contributed by atoms with Gasteiger partial charge in [0, 0.05) is 5.57 Å². The number of rotatable bonds is 3. The Hall–Kier alpha value is -1.32. The number of hydrogen-bond donors (Lipinski definition) is 1. The van der Waals surface area contributed by atoms with Crippen LogP contribution in [0.25, 0.3) is 0 Å². The zero-order valence-corrected chi connectivity index (χ0v) is 9.40. The van der Waals surface area contributed by atoms with Gasteiger partial charge in [-0.25, -0.2) is 4.79 Å². The summed E-state index contributed by atoms with van der Waals surface area (Å²) in [6.07, 6.45) is 1.64. The maximum atomic E-state index is 11.4. The van der Waals surface area contributed by atoms with Gasteiger partial charge in [-0.2, -0.15) is 0 Å². The number of esters is 1.